The lowest BCUT2D eigenvalue weighted by molar-refractivity contribution is 0.600. The Morgan fingerprint density at radius 3 is 2.50 bits per heavy atom. The van der Waals surface area contributed by atoms with E-state index in [4.69, 9.17) is 5.26 Å². The summed E-state index contributed by atoms with van der Waals surface area (Å²) in [4.78, 5) is 2.10. The molecule has 1 saturated heterocycles. The number of nitrogens with zero attached hydrogens (tertiary/aromatic N) is 2. The smallest absolute Gasteiger partial charge is 0.152 e. The van der Waals surface area contributed by atoms with Crippen LogP contribution in [0.5, 0.6) is 0 Å². The van der Waals surface area contributed by atoms with Gasteiger partial charge in [0, 0.05) is 18.3 Å². The number of anilines is 1. The fourth-order valence-corrected chi connectivity index (χ4v) is 4.13. The quantitative estimate of drug-likeness (QED) is 0.831. The second-order valence-corrected chi connectivity index (χ2v) is 6.73. The third-order valence-electron chi connectivity index (χ3n) is 3.32. The van der Waals surface area contributed by atoms with Gasteiger partial charge in [-0.25, -0.2) is 8.42 Å². The molecule has 0 radical (unpaired) electrons. The molecule has 1 atom stereocenters. The molecule has 1 fully saturated rings. The number of hydrogen-bond acceptors (Lipinski definition) is 4. The molecule has 2 rings (SSSR count). The summed E-state index contributed by atoms with van der Waals surface area (Å²) in [6.07, 6.45) is 0.691. The van der Waals surface area contributed by atoms with Gasteiger partial charge in [0.05, 0.1) is 23.1 Å². The molecule has 0 N–H and O–H groups in total. The molecule has 1 aliphatic heterocycles. The van der Waals surface area contributed by atoms with Crippen LogP contribution in [-0.4, -0.2) is 32.5 Å². The zero-order valence-electron chi connectivity index (χ0n) is 10.3. The highest BCUT2D eigenvalue weighted by molar-refractivity contribution is 7.91. The van der Waals surface area contributed by atoms with Crippen LogP contribution in [0, 0.1) is 11.3 Å². The van der Waals surface area contributed by atoms with Crippen LogP contribution in [0.25, 0.3) is 0 Å². The van der Waals surface area contributed by atoms with E-state index < -0.39 is 9.84 Å². The summed E-state index contributed by atoms with van der Waals surface area (Å²) in [5, 5.41) is 8.76. The zero-order valence-corrected chi connectivity index (χ0v) is 11.2. The second-order valence-electron chi connectivity index (χ2n) is 4.50. The third-order valence-corrected chi connectivity index (χ3v) is 5.07. The molecule has 4 nitrogen and oxygen atoms in total. The number of sulfone groups is 1. The highest BCUT2D eigenvalue weighted by Gasteiger charge is 2.31. The van der Waals surface area contributed by atoms with Crippen molar-refractivity contribution in [3.63, 3.8) is 0 Å². The van der Waals surface area contributed by atoms with Crippen molar-refractivity contribution in [1.82, 2.24) is 0 Å². The molecular formula is C13H16N2O2S. The molecule has 1 aliphatic rings. The Morgan fingerprint density at radius 1 is 1.39 bits per heavy atom. The van der Waals surface area contributed by atoms with Gasteiger partial charge in [-0.15, -0.1) is 0 Å². The fourth-order valence-electron chi connectivity index (χ4n) is 2.40. The van der Waals surface area contributed by atoms with E-state index >= 15 is 0 Å². The number of hydrogen-bond donors (Lipinski definition) is 0. The predicted molar refractivity (Wildman–Crippen MR) is 71.2 cm³/mol. The van der Waals surface area contributed by atoms with Gasteiger partial charge in [0.25, 0.3) is 0 Å². The van der Waals surface area contributed by atoms with Gasteiger partial charge in [-0.3, -0.25) is 0 Å². The number of nitriles is 1. The van der Waals surface area contributed by atoms with Crippen molar-refractivity contribution in [3.05, 3.63) is 29.8 Å². The minimum absolute atomic E-state index is 0.0629. The van der Waals surface area contributed by atoms with Crippen molar-refractivity contribution in [2.45, 2.75) is 19.4 Å². The van der Waals surface area contributed by atoms with Crippen molar-refractivity contribution >= 4 is 15.5 Å². The summed E-state index contributed by atoms with van der Waals surface area (Å²) < 4.78 is 23.0. The van der Waals surface area contributed by atoms with E-state index in [1.807, 2.05) is 19.1 Å². The molecule has 1 unspecified atom stereocenters. The molecule has 0 bridgehead atoms. The van der Waals surface area contributed by atoms with Gasteiger partial charge in [-0.05, 0) is 37.6 Å². The Hall–Kier alpha value is -1.54. The zero-order chi connectivity index (χ0) is 13.2. The van der Waals surface area contributed by atoms with Crippen molar-refractivity contribution in [3.8, 4) is 6.07 Å². The third kappa shape index (κ3) is 2.65. The molecule has 0 aromatic heterocycles. The fraction of sp³-hybridized carbons (Fsp3) is 0.462. The Labute approximate surface area is 108 Å². The maximum absolute atomic E-state index is 11.5. The monoisotopic (exact) mass is 264 g/mol. The molecule has 1 aromatic carbocycles. The SMILES string of the molecule is CCN(c1ccc(C#N)cc1)C1CCS(=O)(=O)C1. The summed E-state index contributed by atoms with van der Waals surface area (Å²) in [7, 11) is -2.87. The van der Waals surface area contributed by atoms with Gasteiger partial charge in [-0.1, -0.05) is 0 Å². The van der Waals surface area contributed by atoms with Gasteiger partial charge in [0.2, 0.25) is 0 Å². The minimum Gasteiger partial charge on any atom is -0.368 e. The predicted octanol–water partition coefficient (Wildman–Crippen LogP) is 1.57. The van der Waals surface area contributed by atoms with Gasteiger partial charge < -0.3 is 4.90 Å². The van der Waals surface area contributed by atoms with Gasteiger partial charge in [0.1, 0.15) is 0 Å². The largest absolute Gasteiger partial charge is 0.368 e. The Morgan fingerprint density at radius 2 is 2.06 bits per heavy atom. The van der Waals surface area contributed by atoms with Crippen LogP contribution in [0.4, 0.5) is 5.69 Å². The summed E-state index contributed by atoms with van der Waals surface area (Å²) in [5.41, 5.74) is 1.60. The van der Waals surface area contributed by atoms with E-state index in [9.17, 15) is 8.42 Å². The Kier molecular flexibility index (Phi) is 3.58. The van der Waals surface area contributed by atoms with Gasteiger partial charge in [0.15, 0.2) is 9.84 Å². The average Bonchev–Trinajstić information content (AvgIpc) is 2.71. The molecule has 0 amide bonds. The lowest BCUT2D eigenvalue weighted by atomic mass is 10.1. The first kappa shape index (κ1) is 12.9. The highest BCUT2D eigenvalue weighted by Crippen LogP contribution is 2.24. The highest BCUT2D eigenvalue weighted by atomic mass is 32.2. The maximum Gasteiger partial charge on any atom is 0.152 e. The molecule has 0 aliphatic carbocycles. The van der Waals surface area contributed by atoms with E-state index in [0.717, 1.165) is 12.2 Å². The first-order valence-corrected chi connectivity index (χ1v) is 7.85. The molecule has 0 saturated carbocycles. The van der Waals surface area contributed by atoms with Gasteiger partial charge >= 0.3 is 0 Å². The first-order valence-electron chi connectivity index (χ1n) is 6.03. The molecular weight excluding hydrogens is 248 g/mol. The van der Waals surface area contributed by atoms with Crippen molar-refractivity contribution in [2.75, 3.05) is 23.0 Å². The van der Waals surface area contributed by atoms with E-state index in [2.05, 4.69) is 11.0 Å². The Bertz CT molecular complexity index is 558. The van der Waals surface area contributed by atoms with Crippen LogP contribution in [0.3, 0.4) is 0 Å². The normalized spacial score (nSPS) is 21.4. The molecule has 1 heterocycles. The topological polar surface area (TPSA) is 61.2 Å². The number of benzene rings is 1. The maximum atomic E-state index is 11.5. The van der Waals surface area contributed by atoms with Crippen molar-refractivity contribution < 1.29 is 8.42 Å². The van der Waals surface area contributed by atoms with E-state index in [1.165, 1.54) is 0 Å². The summed E-state index contributed by atoms with van der Waals surface area (Å²) >= 11 is 0. The lowest BCUT2D eigenvalue weighted by Gasteiger charge is -2.29. The Balaban J connectivity index is 2.21. The van der Waals surface area contributed by atoms with Crippen LogP contribution in [-0.2, 0) is 9.84 Å². The van der Waals surface area contributed by atoms with Crippen LogP contribution in [0.15, 0.2) is 24.3 Å². The van der Waals surface area contributed by atoms with E-state index in [1.54, 1.807) is 12.1 Å². The van der Waals surface area contributed by atoms with E-state index in [0.29, 0.717) is 12.0 Å². The van der Waals surface area contributed by atoms with E-state index in [-0.39, 0.29) is 17.5 Å². The molecule has 96 valence electrons. The average molecular weight is 264 g/mol. The summed E-state index contributed by atoms with van der Waals surface area (Å²) in [6, 6.07) is 9.44. The van der Waals surface area contributed by atoms with Crippen molar-refractivity contribution in [1.29, 1.82) is 5.26 Å². The minimum atomic E-state index is -2.87. The number of rotatable bonds is 3. The molecule has 18 heavy (non-hydrogen) atoms. The first-order chi connectivity index (χ1) is 8.55. The second kappa shape index (κ2) is 4.99. The van der Waals surface area contributed by atoms with Crippen LogP contribution >= 0.6 is 0 Å². The van der Waals surface area contributed by atoms with Gasteiger partial charge in [-0.2, -0.15) is 5.26 Å². The van der Waals surface area contributed by atoms with Crippen LogP contribution in [0.2, 0.25) is 0 Å². The molecule has 5 heteroatoms. The van der Waals surface area contributed by atoms with Crippen LogP contribution < -0.4 is 4.90 Å². The molecule has 0 spiro atoms. The lowest BCUT2D eigenvalue weighted by Crippen LogP contribution is -2.36. The standard InChI is InChI=1S/C13H16N2O2S/c1-2-15(13-7-8-18(16,17)10-13)12-5-3-11(9-14)4-6-12/h3-6,13H,2,7-8,10H2,1H3. The summed E-state index contributed by atoms with van der Waals surface area (Å²) in [5.74, 6) is 0.519. The molecule has 1 aromatic rings. The van der Waals surface area contributed by atoms with Crippen LogP contribution in [0.1, 0.15) is 18.9 Å². The van der Waals surface area contributed by atoms with Crippen molar-refractivity contribution in [2.24, 2.45) is 0 Å². The summed E-state index contributed by atoms with van der Waals surface area (Å²) in [6.45, 7) is 2.79.